The van der Waals surface area contributed by atoms with Gasteiger partial charge in [0.2, 0.25) is 5.91 Å². The summed E-state index contributed by atoms with van der Waals surface area (Å²) in [7, 11) is 0. The zero-order valence-corrected chi connectivity index (χ0v) is 17.0. The van der Waals surface area contributed by atoms with Gasteiger partial charge in [-0.25, -0.2) is 4.98 Å². The van der Waals surface area contributed by atoms with Crippen molar-refractivity contribution in [3.05, 3.63) is 59.2 Å². The number of carbonyl (C=O) groups is 1. The highest BCUT2D eigenvalue weighted by Gasteiger charge is 2.10. The van der Waals surface area contributed by atoms with E-state index in [0.717, 1.165) is 55.0 Å². The van der Waals surface area contributed by atoms with Crippen molar-refractivity contribution in [3.8, 4) is 5.40 Å². The number of thioether (sulfide) groups is 2. The number of benzene rings is 2. The molecule has 1 N–H and O–H groups in total. The summed E-state index contributed by atoms with van der Waals surface area (Å²) in [6.07, 6.45) is 0. The number of nitrogens with zero attached hydrogens (tertiary/aromatic N) is 2. The minimum absolute atomic E-state index is 0.0758. The number of amides is 1. The third-order valence-corrected chi connectivity index (χ3v) is 5.70. The van der Waals surface area contributed by atoms with E-state index in [1.54, 1.807) is 0 Å². The Morgan fingerprint density at radius 3 is 2.67 bits per heavy atom. The van der Waals surface area contributed by atoms with Gasteiger partial charge in [0.25, 0.3) is 0 Å². The van der Waals surface area contributed by atoms with Gasteiger partial charge in [-0.15, -0.1) is 0 Å². The number of rotatable bonds is 5. The molecule has 3 aromatic rings. The summed E-state index contributed by atoms with van der Waals surface area (Å²) in [5, 5.41) is 15.7. The molecule has 27 heavy (non-hydrogen) atoms. The van der Waals surface area contributed by atoms with Crippen LogP contribution in [-0.4, -0.2) is 16.6 Å². The van der Waals surface area contributed by atoms with Crippen LogP contribution in [0.3, 0.4) is 0 Å². The molecule has 0 aliphatic carbocycles. The summed E-state index contributed by atoms with van der Waals surface area (Å²) in [6.45, 7) is 6.03. The summed E-state index contributed by atoms with van der Waals surface area (Å²) < 4.78 is 0. The van der Waals surface area contributed by atoms with Crippen molar-refractivity contribution in [1.29, 1.82) is 5.26 Å². The number of para-hydroxylation sites is 1. The molecule has 0 aliphatic rings. The quantitative estimate of drug-likeness (QED) is 0.460. The number of aromatic nitrogens is 1. The Balaban J connectivity index is 1.68. The van der Waals surface area contributed by atoms with Crippen LogP contribution in [0.25, 0.3) is 10.9 Å². The molecular formula is C21H19N3OS2. The average Bonchev–Trinajstić information content (AvgIpc) is 2.63. The lowest BCUT2D eigenvalue weighted by molar-refractivity contribution is -0.113. The monoisotopic (exact) mass is 393 g/mol. The number of nitriles is 1. The van der Waals surface area contributed by atoms with Crippen LogP contribution in [0.5, 0.6) is 0 Å². The minimum Gasteiger partial charge on any atom is -0.325 e. The highest BCUT2D eigenvalue weighted by atomic mass is 32.2. The predicted octanol–water partition coefficient (Wildman–Crippen LogP) is 5.46. The van der Waals surface area contributed by atoms with Crippen molar-refractivity contribution in [2.24, 2.45) is 0 Å². The lowest BCUT2D eigenvalue weighted by Crippen LogP contribution is -2.15. The number of fused-ring (bicyclic) bond motifs is 1. The molecule has 4 nitrogen and oxygen atoms in total. The summed E-state index contributed by atoms with van der Waals surface area (Å²) >= 11 is 2.54. The number of hydrogen-bond donors (Lipinski definition) is 1. The second kappa shape index (κ2) is 8.47. The van der Waals surface area contributed by atoms with Crippen LogP contribution in [0, 0.1) is 31.4 Å². The van der Waals surface area contributed by atoms with Crippen LogP contribution in [0.1, 0.15) is 16.7 Å². The maximum absolute atomic E-state index is 12.3. The molecule has 136 valence electrons. The Kier molecular flexibility index (Phi) is 6.04. The van der Waals surface area contributed by atoms with Gasteiger partial charge in [-0.2, -0.15) is 5.26 Å². The van der Waals surface area contributed by atoms with E-state index in [9.17, 15) is 4.79 Å². The predicted molar refractivity (Wildman–Crippen MR) is 113 cm³/mol. The van der Waals surface area contributed by atoms with E-state index in [-0.39, 0.29) is 11.7 Å². The molecule has 1 aromatic heterocycles. The standard InChI is InChI=1S/C21H19N3OS2/c1-13-5-4-6-17-14(2)10-20(24-21(13)17)26-11-19(25)23-18-8-7-16(27-12-22)9-15(18)3/h4-10H,11H2,1-3H3,(H,23,25). The third-order valence-electron chi connectivity index (χ3n) is 4.21. The first kappa shape index (κ1) is 19.3. The van der Waals surface area contributed by atoms with Gasteiger partial charge in [-0.3, -0.25) is 4.79 Å². The molecule has 0 bridgehead atoms. The fraction of sp³-hybridized carbons (Fsp3) is 0.190. The molecule has 0 atom stereocenters. The van der Waals surface area contributed by atoms with Crippen LogP contribution in [0.2, 0.25) is 0 Å². The number of anilines is 1. The van der Waals surface area contributed by atoms with Crippen LogP contribution in [-0.2, 0) is 4.79 Å². The highest BCUT2D eigenvalue weighted by Crippen LogP contribution is 2.26. The molecule has 1 amide bonds. The largest absolute Gasteiger partial charge is 0.325 e. The molecule has 0 fully saturated rings. The highest BCUT2D eigenvalue weighted by molar-refractivity contribution is 8.03. The van der Waals surface area contributed by atoms with Crippen LogP contribution in [0.15, 0.2) is 52.4 Å². The fourth-order valence-corrected chi connectivity index (χ4v) is 4.07. The molecule has 6 heteroatoms. The zero-order valence-electron chi connectivity index (χ0n) is 15.4. The third kappa shape index (κ3) is 4.62. The van der Waals surface area contributed by atoms with Gasteiger partial charge < -0.3 is 5.32 Å². The van der Waals surface area contributed by atoms with Crippen LogP contribution < -0.4 is 5.32 Å². The van der Waals surface area contributed by atoms with Crippen molar-refractivity contribution < 1.29 is 4.79 Å². The molecule has 0 radical (unpaired) electrons. The van der Waals surface area contributed by atoms with Gasteiger partial charge in [-0.1, -0.05) is 30.0 Å². The van der Waals surface area contributed by atoms with Gasteiger partial charge in [0.05, 0.1) is 16.3 Å². The van der Waals surface area contributed by atoms with E-state index >= 15 is 0 Å². The minimum atomic E-state index is -0.0758. The van der Waals surface area contributed by atoms with Crippen molar-refractivity contribution in [2.45, 2.75) is 30.7 Å². The van der Waals surface area contributed by atoms with Gasteiger partial charge in [-0.05, 0) is 73.5 Å². The van der Waals surface area contributed by atoms with Gasteiger partial charge in [0.1, 0.15) is 5.40 Å². The second-order valence-electron chi connectivity index (χ2n) is 6.26. The van der Waals surface area contributed by atoms with Gasteiger partial charge in [0, 0.05) is 16.0 Å². The van der Waals surface area contributed by atoms with Crippen molar-refractivity contribution in [2.75, 3.05) is 11.1 Å². The first-order valence-electron chi connectivity index (χ1n) is 8.44. The normalized spacial score (nSPS) is 10.6. The molecule has 0 aliphatic heterocycles. The topological polar surface area (TPSA) is 65.8 Å². The molecule has 0 spiro atoms. The Morgan fingerprint density at radius 1 is 1.11 bits per heavy atom. The zero-order chi connectivity index (χ0) is 19.4. The molecule has 0 saturated carbocycles. The summed E-state index contributed by atoms with van der Waals surface area (Å²) in [6, 6.07) is 13.7. The molecule has 3 rings (SSSR count). The van der Waals surface area contributed by atoms with Crippen molar-refractivity contribution >= 4 is 46.0 Å². The second-order valence-corrected chi connectivity index (χ2v) is 8.11. The molecule has 0 saturated heterocycles. The van der Waals surface area contributed by atoms with Crippen LogP contribution >= 0.6 is 23.5 Å². The summed E-state index contributed by atoms with van der Waals surface area (Å²) in [4.78, 5) is 17.9. The van der Waals surface area contributed by atoms with E-state index < -0.39 is 0 Å². The number of aryl methyl sites for hydroxylation is 3. The lowest BCUT2D eigenvalue weighted by Gasteiger charge is -2.10. The van der Waals surface area contributed by atoms with E-state index in [1.165, 1.54) is 11.8 Å². The Morgan fingerprint density at radius 2 is 1.93 bits per heavy atom. The summed E-state index contributed by atoms with van der Waals surface area (Å²) in [5.41, 5.74) is 4.98. The molecule has 1 heterocycles. The summed E-state index contributed by atoms with van der Waals surface area (Å²) in [5.74, 6) is 0.214. The van der Waals surface area contributed by atoms with Gasteiger partial charge >= 0.3 is 0 Å². The Labute approximate surface area is 167 Å². The Hall–Kier alpha value is -2.49. The number of hydrogen-bond acceptors (Lipinski definition) is 5. The maximum atomic E-state index is 12.3. The van der Waals surface area contributed by atoms with Crippen LogP contribution in [0.4, 0.5) is 5.69 Å². The molecule has 0 unspecified atom stereocenters. The first-order chi connectivity index (χ1) is 13.0. The van der Waals surface area contributed by atoms with E-state index in [2.05, 4.69) is 23.7 Å². The number of pyridine rings is 1. The number of thiocyanates is 1. The smallest absolute Gasteiger partial charge is 0.234 e. The van der Waals surface area contributed by atoms with Gasteiger partial charge in [0.15, 0.2) is 0 Å². The number of carbonyl (C=O) groups excluding carboxylic acids is 1. The van der Waals surface area contributed by atoms with Crippen molar-refractivity contribution in [1.82, 2.24) is 4.98 Å². The van der Waals surface area contributed by atoms with E-state index in [4.69, 9.17) is 10.2 Å². The van der Waals surface area contributed by atoms with Crippen molar-refractivity contribution in [3.63, 3.8) is 0 Å². The lowest BCUT2D eigenvalue weighted by atomic mass is 10.1. The number of nitrogens with one attached hydrogen (secondary N) is 1. The maximum Gasteiger partial charge on any atom is 0.234 e. The van der Waals surface area contributed by atoms with E-state index in [1.807, 2.05) is 50.2 Å². The first-order valence-corrected chi connectivity index (χ1v) is 10.2. The average molecular weight is 394 g/mol. The fourth-order valence-electron chi connectivity index (χ4n) is 2.82. The Bertz CT molecular complexity index is 1060. The SMILES string of the molecule is Cc1cc(SC#N)ccc1NC(=O)CSc1cc(C)c2cccc(C)c2n1. The molecular weight excluding hydrogens is 374 g/mol. The van der Waals surface area contributed by atoms with E-state index in [0.29, 0.717) is 0 Å². The molecule has 2 aromatic carbocycles.